The molecule has 1 aliphatic carbocycles. The van der Waals surface area contributed by atoms with Gasteiger partial charge >= 0.3 is 0 Å². The minimum absolute atomic E-state index is 0.390. The average molecular weight is 295 g/mol. The van der Waals surface area contributed by atoms with E-state index >= 15 is 0 Å². The first kappa shape index (κ1) is 14.5. The Hall–Kier alpha value is -2.47. The van der Waals surface area contributed by atoms with Gasteiger partial charge < -0.3 is 0 Å². The molecule has 3 rings (SSSR count). The lowest BCUT2D eigenvalue weighted by molar-refractivity contribution is 0.564. The van der Waals surface area contributed by atoms with Gasteiger partial charge in [0.1, 0.15) is 23.3 Å². The Morgan fingerprint density at radius 3 is 2.55 bits per heavy atom. The topological polar surface area (TPSA) is 23.8 Å². The third-order valence-electron chi connectivity index (χ3n) is 4.19. The van der Waals surface area contributed by atoms with Crippen molar-refractivity contribution in [2.24, 2.45) is 0 Å². The van der Waals surface area contributed by atoms with Crippen molar-refractivity contribution >= 4 is 5.57 Å². The zero-order chi connectivity index (χ0) is 15.7. The Labute approximate surface area is 128 Å². The summed E-state index contributed by atoms with van der Waals surface area (Å²) in [7, 11) is 0. The number of halogens is 2. The summed E-state index contributed by atoms with van der Waals surface area (Å²) in [4.78, 5) is 0. The highest BCUT2D eigenvalue weighted by molar-refractivity contribution is 5.71. The number of rotatable bonds is 2. The Kier molecular flexibility index (Phi) is 3.77. The minimum atomic E-state index is -0.777. The van der Waals surface area contributed by atoms with Crippen molar-refractivity contribution in [3.63, 3.8) is 0 Å². The summed E-state index contributed by atoms with van der Waals surface area (Å²) in [5.74, 6) is -1.49. The SMILES string of the molecule is CCc1ccc(C2=CCc3c(cc(F)c(C#N)c3F)C2)cc1. The van der Waals surface area contributed by atoms with Gasteiger partial charge in [0.2, 0.25) is 0 Å². The van der Waals surface area contributed by atoms with Crippen LogP contribution in [0.4, 0.5) is 8.78 Å². The van der Waals surface area contributed by atoms with Crippen molar-refractivity contribution in [3.05, 3.63) is 75.9 Å². The van der Waals surface area contributed by atoms with E-state index in [1.54, 1.807) is 6.07 Å². The zero-order valence-electron chi connectivity index (χ0n) is 12.3. The van der Waals surface area contributed by atoms with E-state index in [1.165, 1.54) is 11.6 Å². The van der Waals surface area contributed by atoms with Gasteiger partial charge in [-0.05, 0) is 53.2 Å². The van der Waals surface area contributed by atoms with Crippen LogP contribution in [0.15, 0.2) is 36.4 Å². The van der Waals surface area contributed by atoms with E-state index in [0.717, 1.165) is 17.6 Å². The number of nitrogens with zero attached hydrogens (tertiary/aromatic N) is 1. The van der Waals surface area contributed by atoms with Crippen LogP contribution in [0.25, 0.3) is 5.57 Å². The summed E-state index contributed by atoms with van der Waals surface area (Å²) in [5.41, 5.74) is 3.99. The number of aryl methyl sites for hydroxylation is 1. The van der Waals surface area contributed by atoms with Crippen molar-refractivity contribution in [1.82, 2.24) is 0 Å². The first-order valence-corrected chi connectivity index (χ1v) is 7.32. The summed E-state index contributed by atoms with van der Waals surface area (Å²) in [6.45, 7) is 2.10. The van der Waals surface area contributed by atoms with Crippen LogP contribution in [-0.2, 0) is 19.3 Å². The number of benzene rings is 2. The molecule has 0 saturated carbocycles. The van der Waals surface area contributed by atoms with Crippen LogP contribution in [0, 0.1) is 23.0 Å². The molecule has 110 valence electrons. The standard InChI is InChI=1S/C19H15F2N/c1-2-12-3-5-13(6-4-12)14-7-8-16-15(9-14)10-18(20)17(11-22)19(16)21/h3-7,10H,2,8-9H2,1H3. The first-order valence-electron chi connectivity index (χ1n) is 7.32. The van der Waals surface area contributed by atoms with Crippen LogP contribution in [-0.4, -0.2) is 0 Å². The molecule has 2 aromatic carbocycles. The summed E-state index contributed by atoms with van der Waals surface area (Å²) in [6, 6.07) is 11.1. The lowest BCUT2D eigenvalue weighted by Crippen LogP contribution is -2.08. The number of hydrogen-bond acceptors (Lipinski definition) is 1. The third-order valence-corrected chi connectivity index (χ3v) is 4.19. The molecule has 0 radical (unpaired) electrons. The molecule has 0 aliphatic heterocycles. The van der Waals surface area contributed by atoms with Crippen LogP contribution in [0.3, 0.4) is 0 Å². The fourth-order valence-corrected chi connectivity index (χ4v) is 2.87. The molecule has 0 saturated heterocycles. The van der Waals surface area contributed by atoms with E-state index in [-0.39, 0.29) is 0 Å². The quantitative estimate of drug-likeness (QED) is 0.795. The maximum Gasteiger partial charge on any atom is 0.147 e. The highest BCUT2D eigenvalue weighted by Gasteiger charge is 2.21. The molecule has 3 heteroatoms. The molecule has 0 fully saturated rings. The second-order valence-corrected chi connectivity index (χ2v) is 5.46. The maximum absolute atomic E-state index is 14.2. The monoisotopic (exact) mass is 295 g/mol. The molecular weight excluding hydrogens is 280 g/mol. The Balaban J connectivity index is 1.97. The van der Waals surface area contributed by atoms with Crippen molar-refractivity contribution in [3.8, 4) is 6.07 Å². The van der Waals surface area contributed by atoms with Gasteiger partial charge in [0, 0.05) is 0 Å². The van der Waals surface area contributed by atoms with Gasteiger partial charge in [0.15, 0.2) is 0 Å². The van der Waals surface area contributed by atoms with Gasteiger partial charge in [-0.1, -0.05) is 37.3 Å². The molecule has 0 heterocycles. The van der Waals surface area contributed by atoms with Gasteiger partial charge in [-0.15, -0.1) is 0 Å². The van der Waals surface area contributed by atoms with Gasteiger partial charge in [0.05, 0.1) is 0 Å². The lowest BCUT2D eigenvalue weighted by atomic mass is 9.86. The molecule has 1 nitrogen and oxygen atoms in total. The molecule has 2 aromatic rings. The summed E-state index contributed by atoms with van der Waals surface area (Å²) >= 11 is 0. The second kappa shape index (κ2) is 5.73. The Bertz CT molecular complexity index is 796. The van der Waals surface area contributed by atoms with Gasteiger partial charge in [0.25, 0.3) is 0 Å². The van der Waals surface area contributed by atoms with Crippen LogP contribution >= 0.6 is 0 Å². The first-order chi connectivity index (χ1) is 10.6. The van der Waals surface area contributed by atoms with E-state index in [1.807, 2.05) is 18.2 Å². The molecule has 1 aliphatic rings. The second-order valence-electron chi connectivity index (χ2n) is 5.46. The van der Waals surface area contributed by atoms with Crippen LogP contribution in [0.1, 0.15) is 34.7 Å². The fraction of sp³-hybridized carbons (Fsp3) is 0.211. The molecule has 0 spiro atoms. The fourth-order valence-electron chi connectivity index (χ4n) is 2.87. The average Bonchev–Trinajstić information content (AvgIpc) is 2.55. The zero-order valence-corrected chi connectivity index (χ0v) is 12.3. The molecule has 0 atom stereocenters. The van der Waals surface area contributed by atoms with Crippen molar-refractivity contribution < 1.29 is 8.78 Å². The Morgan fingerprint density at radius 2 is 1.91 bits per heavy atom. The highest BCUT2D eigenvalue weighted by Crippen LogP contribution is 2.31. The van der Waals surface area contributed by atoms with E-state index in [4.69, 9.17) is 5.26 Å². The molecule has 0 aromatic heterocycles. The van der Waals surface area contributed by atoms with Gasteiger partial charge in [-0.2, -0.15) is 5.26 Å². The summed E-state index contributed by atoms with van der Waals surface area (Å²) < 4.78 is 27.9. The number of hydrogen-bond donors (Lipinski definition) is 0. The summed E-state index contributed by atoms with van der Waals surface area (Å²) in [5, 5.41) is 8.83. The predicted molar refractivity (Wildman–Crippen MR) is 82.3 cm³/mol. The third kappa shape index (κ3) is 2.42. The molecular formula is C19H15F2N. The largest absolute Gasteiger partial charge is 0.205 e. The van der Waals surface area contributed by atoms with Crippen LogP contribution in [0.5, 0.6) is 0 Å². The van der Waals surface area contributed by atoms with E-state index in [2.05, 4.69) is 19.1 Å². The predicted octanol–water partition coefficient (Wildman–Crippen LogP) is 4.58. The minimum Gasteiger partial charge on any atom is -0.205 e. The smallest absolute Gasteiger partial charge is 0.147 e. The van der Waals surface area contributed by atoms with E-state index < -0.39 is 17.2 Å². The van der Waals surface area contributed by atoms with Gasteiger partial charge in [-0.25, -0.2) is 8.78 Å². The van der Waals surface area contributed by atoms with Crippen LogP contribution < -0.4 is 0 Å². The molecule has 0 unspecified atom stereocenters. The molecule has 22 heavy (non-hydrogen) atoms. The van der Waals surface area contributed by atoms with Crippen molar-refractivity contribution in [1.29, 1.82) is 5.26 Å². The van der Waals surface area contributed by atoms with Gasteiger partial charge in [-0.3, -0.25) is 0 Å². The highest BCUT2D eigenvalue weighted by atomic mass is 19.1. The number of allylic oxidation sites excluding steroid dienone is 2. The van der Waals surface area contributed by atoms with Crippen molar-refractivity contribution in [2.45, 2.75) is 26.2 Å². The Morgan fingerprint density at radius 1 is 1.18 bits per heavy atom. The summed E-state index contributed by atoms with van der Waals surface area (Å²) in [6.07, 6.45) is 3.82. The van der Waals surface area contributed by atoms with E-state index in [9.17, 15) is 8.78 Å². The van der Waals surface area contributed by atoms with E-state index in [0.29, 0.717) is 24.0 Å². The number of fused-ring (bicyclic) bond motifs is 1. The van der Waals surface area contributed by atoms with Crippen molar-refractivity contribution in [2.75, 3.05) is 0 Å². The molecule has 0 bridgehead atoms. The molecule has 0 amide bonds. The maximum atomic E-state index is 14.2. The van der Waals surface area contributed by atoms with Crippen LogP contribution in [0.2, 0.25) is 0 Å². The lowest BCUT2D eigenvalue weighted by Gasteiger charge is -2.19. The molecule has 0 N–H and O–H groups in total. The normalized spacial score (nSPS) is 13.3. The number of nitriles is 1.